The summed E-state index contributed by atoms with van der Waals surface area (Å²) in [5.74, 6) is -2.62. The van der Waals surface area contributed by atoms with Crippen molar-refractivity contribution in [1.82, 2.24) is 5.32 Å². The number of carbonyl (C=O) groups excluding carboxylic acids is 1. The van der Waals surface area contributed by atoms with Gasteiger partial charge in [0.05, 0.1) is 6.04 Å². The van der Waals surface area contributed by atoms with Crippen LogP contribution in [0.15, 0.2) is 35.6 Å². The van der Waals surface area contributed by atoms with E-state index in [2.05, 4.69) is 5.32 Å². The van der Waals surface area contributed by atoms with Crippen LogP contribution in [0.25, 0.3) is 0 Å². The van der Waals surface area contributed by atoms with E-state index < -0.39 is 29.3 Å². The maximum Gasteiger partial charge on any atom is 0.344 e. The molecule has 3 N–H and O–H groups in total. The van der Waals surface area contributed by atoms with Crippen molar-refractivity contribution in [3.05, 3.63) is 46.2 Å². The van der Waals surface area contributed by atoms with Gasteiger partial charge < -0.3 is 15.5 Å². The summed E-state index contributed by atoms with van der Waals surface area (Å²) in [5.41, 5.74) is 0.247. The van der Waals surface area contributed by atoms with Crippen LogP contribution in [0.2, 0.25) is 5.02 Å². The van der Waals surface area contributed by atoms with Gasteiger partial charge in [-0.05, 0) is 24.1 Å². The number of aliphatic hydroxyl groups is 1. The largest absolute Gasteiger partial charge is 0.509 e. The third kappa shape index (κ3) is 2.31. The molecule has 1 unspecified atom stereocenters. The molecule has 6 heteroatoms. The van der Waals surface area contributed by atoms with Gasteiger partial charge in [-0.2, -0.15) is 0 Å². The fraction of sp³-hybridized carbons (Fsp3) is 0.167. The number of hydrogen-bond acceptors (Lipinski definition) is 3. The topological polar surface area (TPSA) is 86.6 Å². The number of aliphatic hydroxyl groups excluding tert-OH is 1. The first-order chi connectivity index (χ1) is 8.49. The number of hydrogen-bond donors (Lipinski definition) is 3. The van der Waals surface area contributed by atoms with Gasteiger partial charge in [0.25, 0.3) is 5.91 Å². The van der Waals surface area contributed by atoms with Gasteiger partial charge in [-0.15, -0.1) is 0 Å². The van der Waals surface area contributed by atoms with Crippen molar-refractivity contribution in [3.8, 4) is 0 Å². The second-order valence-electron chi connectivity index (χ2n) is 3.92. The number of aliphatic carboxylic acids is 1. The van der Waals surface area contributed by atoms with Crippen LogP contribution in [0, 0.1) is 0 Å². The maximum atomic E-state index is 11.3. The molecule has 0 fully saturated rings. The van der Waals surface area contributed by atoms with Crippen LogP contribution in [0.5, 0.6) is 0 Å². The summed E-state index contributed by atoms with van der Waals surface area (Å²) in [5, 5.41) is 21.5. The van der Waals surface area contributed by atoms with Crippen LogP contribution in [0.3, 0.4) is 0 Å². The lowest BCUT2D eigenvalue weighted by Crippen LogP contribution is -2.31. The number of benzene rings is 1. The maximum absolute atomic E-state index is 11.3. The van der Waals surface area contributed by atoms with E-state index >= 15 is 0 Å². The molecule has 0 aliphatic carbocycles. The highest BCUT2D eigenvalue weighted by molar-refractivity contribution is 6.30. The van der Waals surface area contributed by atoms with Gasteiger partial charge in [-0.25, -0.2) is 4.79 Å². The minimum atomic E-state index is -1.43. The lowest BCUT2D eigenvalue weighted by Gasteiger charge is -2.10. The Hall–Kier alpha value is -2.01. The first-order valence-corrected chi connectivity index (χ1v) is 5.58. The van der Waals surface area contributed by atoms with Crippen LogP contribution < -0.4 is 5.32 Å². The highest BCUT2D eigenvalue weighted by Crippen LogP contribution is 2.19. The number of carboxylic acid groups (broad SMARTS) is 1. The van der Waals surface area contributed by atoms with Crippen LogP contribution in [0.1, 0.15) is 5.56 Å². The number of carbonyl (C=O) groups is 2. The Balaban J connectivity index is 2.19. The van der Waals surface area contributed by atoms with E-state index in [4.69, 9.17) is 16.7 Å². The minimum absolute atomic E-state index is 0.311. The van der Waals surface area contributed by atoms with Crippen molar-refractivity contribution >= 4 is 23.5 Å². The van der Waals surface area contributed by atoms with Crippen molar-refractivity contribution in [2.24, 2.45) is 0 Å². The second kappa shape index (κ2) is 4.70. The molecule has 0 bridgehead atoms. The highest BCUT2D eigenvalue weighted by atomic mass is 35.5. The molecular formula is C12H10ClNO4. The quantitative estimate of drug-likeness (QED) is 0.720. The minimum Gasteiger partial charge on any atom is -0.509 e. The summed E-state index contributed by atoms with van der Waals surface area (Å²) in [6.07, 6.45) is 0.311. The summed E-state index contributed by atoms with van der Waals surface area (Å²) in [4.78, 5) is 22.1. The zero-order valence-electron chi connectivity index (χ0n) is 9.18. The van der Waals surface area contributed by atoms with Gasteiger partial charge in [0.15, 0.2) is 5.57 Å². The van der Waals surface area contributed by atoms with Crippen molar-refractivity contribution in [1.29, 1.82) is 0 Å². The third-order valence-electron chi connectivity index (χ3n) is 2.69. The number of rotatable bonds is 3. The van der Waals surface area contributed by atoms with E-state index in [1.165, 1.54) is 0 Å². The first-order valence-electron chi connectivity index (χ1n) is 5.20. The van der Waals surface area contributed by atoms with Crippen molar-refractivity contribution in [2.45, 2.75) is 12.5 Å². The normalized spacial score (nSPS) is 18.9. The van der Waals surface area contributed by atoms with E-state index in [1.807, 2.05) is 0 Å². The van der Waals surface area contributed by atoms with Gasteiger partial charge in [-0.3, -0.25) is 4.79 Å². The Bertz CT molecular complexity index is 536. The fourth-order valence-electron chi connectivity index (χ4n) is 1.80. The zero-order chi connectivity index (χ0) is 13.3. The lowest BCUT2D eigenvalue weighted by atomic mass is 10.0. The molecule has 0 spiro atoms. The van der Waals surface area contributed by atoms with Crippen molar-refractivity contribution < 1.29 is 19.8 Å². The van der Waals surface area contributed by atoms with Gasteiger partial charge in [-0.1, -0.05) is 23.7 Å². The highest BCUT2D eigenvalue weighted by Gasteiger charge is 2.35. The molecule has 2 rings (SSSR count). The number of amides is 1. The van der Waals surface area contributed by atoms with Gasteiger partial charge in [0.1, 0.15) is 5.76 Å². The van der Waals surface area contributed by atoms with Crippen LogP contribution >= 0.6 is 11.6 Å². The van der Waals surface area contributed by atoms with E-state index in [-0.39, 0.29) is 0 Å². The molecule has 1 amide bonds. The Labute approximate surface area is 108 Å². The molecule has 94 valence electrons. The van der Waals surface area contributed by atoms with Crippen LogP contribution in [-0.2, 0) is 16.0 Å². The van der Waals surface area contributed by atoms with Gasteiger partial charge >= 0.3 is 5.97 Å². The number of nitrogens with one attached hydrogen (secondary N) is 1. The lowest BCUT2D eigenvalue weighted by molar-refractivity contribution is -0.134. The van der Waals surface area contributed by atoms with Crippen molar-refractivity contribution in [2.75, 3.05) is 0 Å². The molecule has 0 radical (unpaired) electrons. The molecule has 0 saturated carbocycles. The Morgan fingerprint density at radius 1 is 1.33 bits per heavy atom. The fourth-order valence-corrected chi connectivity index (χ4v) is 1.93. The Morgan fingerprint density at radius 2 is 1.94 bits per heavy atom. The third-order valence-corrected chi connectivity index (χ3v) is 2.94. The van der Waals surface area contributed by atoms with E-state index in [0.717, 1.165) is 5.56 Å². The van der Waals surface area contributed by atoms with E-state index in [1.54, 1.807) is 24.3 Å². The number of halogens is 1. The molecule has 1 heterocycles. The standard InChI is InChI=1S/C12H10ClNO4/c13-7-3-1-6(2-4-7)5-8-10(15)9(12(17)18)11(16)14-8/h1-4,8,15H,5H2,(H,14,16)(H,17,18). The summed E-state index contributed by atoms with van der Waals surface area (Å²) in [6, 6.07) is 6.17. The molecule has 1 aromatic carbocycles. The molecule has 5 nitrogen and oxygen atoms in total. The van der Waals surface area contributed by atoms with Crippen molar-refractivity contribution in [3.63, 3.8) is 0 Å². The van der Waals surface area contributed by atoms with E-state index in [9.17, 15) is 14.7 Å². The molecule has 0 aromatic heterocycles. The Kier molecular flexibility index (Phi) is 3.25. The van der Waals surface area contributed by atoms with Crippen LogP contribution in [0.4, 0.5) is 0 Å². The van der Waals surface area contributed by atoms with Gasteiger partial charge in [0, 0.05) is 5.02 Å². The van der Waals surface area contributed by atoms with Crippen LogP contribution in [-0.4, -0.2) is 28.1 Å². The number of carboxylic acids is 1. The smallest absolute Gasteiger partial charge is 0.344 e. The summed E-state index contributed by atoms with van der Waals surface area (Å²) >= 11 is 5.74. The first kappa shape index (κ1) is 12.4. The molecule has 1 aliphatic heterocycles. The summed E-state index contributed by atoms with van der Waals surface area (Å²) < 4.78 is 0. The molecule has 1 aliphatic rings. The molecule has 0 saturated heterocycles. The Morgan fingerprint density at radius 3 is 2.44 bits per heavy atom. The average Bonchev–Trinajstić information content (AvgIpc) is 2.57. The summed E-state index contributed by atoms with van der Waals surface area (Å²) in [6.45, 7) is 0. The SMILES string of the molecule is O=C(O)C1=C(O)C(Cc2ccc(Cl)cc2)NC1=O. The molecule has 1 atom stereocenters. The summed E-state index contributed by atoms with van der Waals surface area (Å²) in [7, 11) is 0. The predicted octanol–water partition coefficient (Wildman–Crippen LogP) is 1.28. The second-order valence-corrected chi connectivity index (χ2v) is 4.36. The molecular weight excluding hydrogens is 258 g/mol. The predicted molar refractivity (Wildman–Crippen MR) is 64.4 cm³/mol. The molecule has 1 aromatic rings. The zero-order valence-corrected chi connectivity index (χ0v) is 9.94. The molecule has 18 heavy (non-hydrogen) atoms. The van der Waals surface area contributed by atoms with E-state index in [0.29, 0.717) is 11.4 Å². The average molecular weight is 268 g/mol. The van der Waals surface area contributed by atoms with Gasteiger partial charge in [0.2, 0.25) is 0 Å². The monoisotopic (exact) mass is 267 g/mol.